The van der Waals surface area contributed by atoms with E-state index in [1.807, 2.05) is 79.7 Å². The van der Waals surface area contributed by atoms with E-state index in [1.165, 1.54) is 11.8 Å². The van der Waals surface area contributed by atoms with E-state index in [1.54, 1.807) is 60.7 Å². The van der Waals surface area contributed by atoms with Crippen LogP contribution in [-0.4, -0.2) is 23.5 Å². The van der Waals surface area contributed by atoms with E-state index in [-0.39, 0.29) is 17.4 Å². The Morgan fingerprint density at radius 1 is 0.711 bits per heavy atom. The molecular formula is C37H30ClN3O3S. The fourth-order valence-corrected chi connectivity index (χ4v) is 5.33. The van der Waals surface area contributed by atoms with Crippen molar-refractivity contribution in [3.05, 3.63) is 155 Å². The van der Waals surface area contributed by atoms with Crippen LogP contribution in [0.2, 0.25) is 5.02 Å². The molecule has 0 aliphatic carbocycles. The van der Waals surface area contributed by atoms with Gasteiger partial charge in [0.05, 0.1) is 5.75 Å². The average Bonchev–Trinajstić information content (AvgIpc) is 3.06. The predicted molar refractivity (Wildman–Crippen MR) is 184 cm³/mol. The highest BCUT2D eigenvalue weighted by Gasteiger charge is 2.16. The fourth-order valence-electron chi connectivity index (χ4n) is 4.39. The number of carbonyl (C=O) groups is 3. The summed E-state index contributed by atoms with van der Waals surface area (Å²) in [5.41, 5.74) is 5.47. The zero-order valence-electron chi connectivity index (χ0n) is 24.4. The molecule has 0 aliphatic rings. The molecule has 0 aromatic heterocycles. The Morgan fingerprint density at radius 2 is 1.38 bits per heavy atom. The van der Waals surface area contributed by atoms with Crippen molar-refractivity contribution in [1.29, 1.82) is 0 Å². The van der Waals surface area contributed by atoms with Crippen molar-refractivity contribution in [3.63, 3.8) is 0 Å². The molecule has 0 spiro atoms. The Balaban J connectivity index is 1.29. The van der Waals surface area contributed by atoms with Crippen LogP contribution in [0.4, 0.5) is 11.4 Å². The monoisotopic (exact) mass is 631 g/mol. The minimum atomic E-state index is -0.484. The van der Waals surface area contributed by atoms with Gasteiger partial charge >= 0.3 is 0 Å². The first-order valence-corrected chi connectivity index (χ1v) is 15.5. The summed E-state index contributed by atoms with van der Waals surface area (Å²) < 4.78 is 0. The summed E-state index contributed by atoms with van der Waals surface area (Å²) in [6, 6.07) is 39.0. The molecule has 3 amide bonds. The van der Waals surface area contributed by atoms with Crippen LogP contribution in [0.15, 0.2) is 138 Å². The molecule has 0 unspecified atom stereocenters. The second kappa shape index (κ2) is 15.1. The Morgan fingerprint density at radius 3 is 2.09 bits per heavy atom. The summed E-state index contributed by atoms with van der Waals surface area (Å²) in [7, 11) is 0. The van der Waals surface area contributed by atoms with Gasteiger partial charge in [-0.1, -0.05) is 96.5 Å². The molecule has 0 saturated heterocycles. The van der Waals surface area contributed by atoms with E-state index in [4.69, 9.17) is 11.6 Å². The molecule has 0 atom stereocenters. The molecule has 0 aliphatic heterocycles. The predicted octanol–water partition coefficient (Wildman–Crippen LogP) is 8.46. The first-order valence-electron chi connectivity index (χ1n) is 14.2. The van der Waals surface area contributed by atoms with Gasteiger partial charge in [-0.25, -0.2) is 0 Å². The lowest BCUT2D eigenvalue weighted by Gasteiger charge is -2.12. The van der Waals surface area contributed by atoms with Crippen LogP contribution in [0, 0.1) is 6.92 Å². The van der Waals surface area contributed by atoms with Gasteiger partial charge in [0, 0.05) is 26.9 Å². The smallest absolute Gasteiger partial charge is 0.272 e. The summed E-state index contributed by atoms with van der Waals surface area (Å²) in [6.07, 6.45) is 1.64. The Kier molecular flexibility index (Phi) is 10.5. The number of hydrogen-bond acceptors (Lipinski definition) is 4. The van der Waals surface area contributed by atoms with Crippen LogP contribution in [0.25, 0.3) is 17.2 Å². The number of thioether (sulfide) groups is 1. The van der Waals surface area contributed by atoms with Crippen molar-refractivity contribution in [2.24, 2.45) is 0 Å². The number of aryl methyl sites for hydroxylation is 1. The summed E-state index contributed by atoms with van der Waals surface area (Å²) >= 11 is 7.50. The van der Waals surface area contributed by atoms with Crippen LogP contribution >= 0.6 is 23.4 Å². The van der Waals surface area contributed by atoms with Crippen molar-refractivity contribution >= 4 is 58.5 Å². The maximum absolute atomic E-state index is 13.5. The van der Waals surface area contributed by atoms with Gasteiger partial charge in [0.2, 0.25) is 5.91 Å². The van der Waals surface area contributed by atoms with Crippen molar-refractivity contribution < 1.29 is 14.4 Å². The third kappa shape index (κ3) is 8.95. The minimum absolute atomic E-state index is 0.0884. The number of halogens is 1. The van der Waals surface area contributed by atoms with Crippen LogP contribution in [0.5, 0.6) is 0 Å². The van der Waals surface area contributed by atoms with E-state index < -0.39 is 11.8 Å². The number of rotatable bonds is 10. The van der Waals surface area contributed by atoms with Gasteiger partial charge < -0.3 is 16.0 Å². The Labute approximate surface area is 271 Å². The molecule has 224 valence electrons. The lowest BCUT2D eigenvalue weighted by atomic mass is 10.0. The van der Waals surface area contributed by atoms with Gasteiger partial charge in [-0.3, -0.25) is 14.4 Å². The molecule has 8 heteroatoms. The quantitative estimate of drug-likeness (QED) is 0.107. The van der Waals surface area contributed by atoms with Crippen LogP contribution in [0.1, 0.15) is 21.5 Å². The maximum atomic E-state index is 13.5. The number of nitrogens with one attached hydrogen (secondary N) is 3. The van der Waals surface area contributed by atoms with E-state index >= 15 is 0 Å². The summed E-state index contributed by atoms with van der Waals surface area (Å²) in [5, 5.41) is 9.09. The van der Waals surface area contributed by atoms with Crippen LogP contribution in [-0.2, 0) is 9.59 Å². The molecule has 5 aromatic carbocycles. The second-order valence-electron chi connectivity index (χ2n) is 10.1. The minimum Gasteiger partial charge on any atom is -0.325 e. The van der Waals surface area contributed by atoms with Crippen molar-refractivity contribution in [3.8, 4) is 11.1 Å². The molecular weight excluding hydrogens is 602 g/mol. The van der Waals surface area contributed by atoms with Crippen molar-refractivity contribution in [2.45, 2.75) is 11.8 Å². The number of amides is 3. The zero-order chi connectivity index (χ0) is 31.6. The van der Waals surface area contributed by atoms with Gasteiger partial charge in [0.15, 0.2) is 0 Å². The third-order valence-corrected chi connectivity index (χ3v) is 8.18. The number of anilines is 2. The largest absolute Gasteiger partial charge is 0.325 e. The van der Waals surface area contributed by atoms with Gasteiger partial charge in [0.25, 0.3) is 11.8 Å². The third-order valence-electron chi connectivity index (χ3n) is 6.78. The molecule has 0 bridgehead atoms. The number of carbonyl (C=O) groups excluding carboxylic acids is 3. The Hall–Kier alpha value is -5.11. The lowest BCUT2D eigenvalue weighted by molar-refractivity contribution is -0.114. The summed E-state index contributed by atoms with van der Waals surface area (Å²) in [6.45, 7) is 1.90. The van der Waals surface area contributed by atoms with E-state index in [9.17, 15) is 14.4 Å². The lowest BCUT2D eigenvalue weighted by Crippen LogP contribution is -2.30. The van der Waals surface area contributed by atoms with Gasteiger partial charge in [-0.15, -0.1) is 11.8 Å². The SMILES string of the molecule is Cc1ccc(NC(=O)CSc2cccc(NC(=O)/C(=C\c3ccc(-c4ccccc4)cc3)NC(=O)c3ccccc3)c2)cc1Cl. The fraction of sp³-hybridized carbons (Fsp3) is 0.0541. The molecule has 6 nitrogen and oxygen atoms in total. The standard InChI is InChI=1S/C37H30ClN3O3S/c1-25-15-20-31(23-33(25)38)39-35(42)24-45-32-14-8-13-30(22-32)40-37(44)34(41-36(43)29-11-6-3-7-12-29)21-26-16-18-28(19-17-26)27-9-4-2-5-10-27/h2-23H,24H2,1H3,(H,39,42)(H,40,44)(H,41,43)/b34-21+. The van der Waals surface area contributed by atoms with E-state index in [2.05, 4.69) is 16.0 Å². The Bertz CT molecular complexity index is 1840. The number of benzene rings is 5. The highest BCUT2D eigenvalue weighted by atomic mass is 35.5. The molecule has 5 rings (SSSR count). The normalized spacial score (nSPS) is 11.0. The summed E-state index contributed by atoms with van der Waals surface area (Å²) in [5.74, 6) is -0.896. The van der Waals surface area contributed by atoms with E-state index in [0.29, 0.717) is 22.0 Å². The summed E-state index contributed by atoms with van der Waals surface area (Å²) in [4.78, 5) is 39.9. The highest BCUT2D eigenvalue weighted by Crippen LogP contribution is 2.24. The second-order valence-corrected chi connectivity index (χ2v) is 11.6. The molecule has 45 heavy (non-hydrogen) atoms. The highest BCUT2D eigenvalue weighted by molar-refractivity contribution is 8.00. The van der Waals surface area contributed by atoms with Crippen LogP contribution < -0.4 is 16.0 Å². The molecule has 0 saturated carbocycles. The number of hydrogen-bond donors (Lipinski definition) is 3. The van der Waals surface area contributed by atoms with Crippen molar-refractivity contribution in [2.75, 3.05) is 16.4 Å². The topological polar surface area (TPSA) is 87.3 Å². The van der Waals surface area contributed by atoms with Crippen LogP contribution in [0.3, 0.4) is 0 Å². The average molecular weight is 632 g/mol. The first-order chi connectivity index (χ1) is 21.8. The zero-order valence-corrected chi connectivity index (χ0v) is 26.0. The molecule has 0 fully saturated rings. The molecule has 3 N–H and O–H groups in total. The van der Waals surface area contributed by atoms with Gasteiger partial charge in [0.1, 0.15) is 5.70 Å². The molecule has 0 radical (unpaired) electrons. The molecule has 0 heterocycles. The van der Waals surface area contributed by atoms with Gasteiger partial charge in [-0.05, 0) is 77.7 Å². The van der Waals surface area contributed by atoms with E-state index in [0.717, 1.165) is 27.1 Å². The molecule has 5 aromatic rings. The first kappa shape index (κ1) is 31.3. The van der Waals surface area contributed by atoms with Crippen molar-refractivity contribution in [1.82, 2.24) is 5.32 Å². The van der Waals surface area contributed by atoms with Gasteiger partial charge in [-0.2, -0.15) is 0 Å². The maximum Gasteiger partial charge on any atom is 0.272 e.